The number of aromatic nitrogens is 1. The first-order chi connectivity index (χ1) is 58.8. The fourth-order valence-corrected chi connectivity index (χ4v) is 18.8. The van der Waals surface area contributed by atoms with Crippen molar-refractivity contribution in [3.8, 4) is 34.5 Å². The van der Waals surface area contributed by atoms with E-state index < -0.39 is 17.8 Å². The second-order valence-corrected chi connectivity index (χ2v) is 32.9. The predicted octanol–water partition coefficient (Wildman–Crippen LogP) is 16.9. The lowest BCUT2D eigenvalue weighted by Gasteiger charge is -2.45. The summed E-state index contributed by atoms with van der Waals surface area (Å²) in [6.45, 7) is 24.5. The van der Waals surface area contributed by atoms with Gasteiger partial charge in [0, 0.05) is 135 Å². The Bertz CT molecular complexity index is 5030. The molecule has 7 N–H and O–H groups in total. The van der Waals surface area contributed by atoms with Crippen molar-refractivity contribution in [2.45, 2.75) is 150 Å². The molecule has 4 fully saturated rings. The van der Waals surface area contributed by atoms with Crippen molar-refractivity contribution >= 4 is 40.3 Å². The molecule has 7 heterocycles. The highest BCUT2D eigenvalue weighted by molar-refractivity contribution is 5.98. The third-order valence-corrected chi connectivity index (χ3v) is 25.6. The zero-order chi connectivity index (χ0) is 86.6. The number of ether oxygens (including phenoxy) is 3. The van der Waals surface area contributed by atoms with E-state index in [1.54, 1.807) is 117 Å². The number of carbonyl (C=O) groups excluding carboxylic acids is 4. The number of nitrogens with zero attached hydrogens (tertiary/aromatic N) is 5. The summed E-state index contributed by atoms with van der Waals surface area (Å²) in [5.41, 5.74) is 11.1. The molecular weight excluding hydrogens is 1560 g/mol. The van der Waals surface area contributed by atoms with E-state index >= 15 is 0 Å². The van der Waals surface area contributed by atoms with E-state index in [1.807, 2.05) is 85.7 Å². The summed E-state index contributed by atoms with van der Waals surface area (Å²) in [7, 11) is 0. The van der Waals surface area contributed by atoms with Crippen LogP contribution in [0.2, 0.25) is 0 Å². The maximum absolute atomic E-state index is 14.1. The molecule has 2 aliphatic carbocycles. The summed E-state index contributed by atoms with van der Waals surface area (Å²) in [4.78, 5) is 61.9. The Morgan fingerprint density at radius 3 is 1.42 bits per heavy atom. The predicted molar refractivity (Wildman–Crippen MR) is 465 cm³/mol. The molecule has 0 radical (unpaired) electrons. The molecule has 4 amide bonds. The Hall–Kier alpha value is -10.9. The van der Waals surface area contributed by atoms with Gasteiger partial charge in [0.25, 0.3) is 23.6 Å². The average molecular weight is 1670 g/mol. The van der Waals surface area contributed by atoms with Crippen LogP contribution >= 0.6 is 0 Å². The number of halogens is 5. The summed E-state index contributed by atoms with van der Waals surface area (Å²) in [6.07, 6.45) is 17.8. The van der Waals surface area contributed by atoms with Gasteiger partial charge in [-0.1, -0.05) is 36.4 Å². The van der Waals surface area contributed by atoms with E-state index in [-0.39, 0.29) is 80.8 Å². The van der Waals surface area contributed by atoms with Crippen molar-refractivity contribution < 1.29 is 70.7 Å². The minimum absolute atomic E-state index is 0.000418. The normalized spacial score (nSPS) is 17.8. The SMILES string of the molecule is CCN(CC)C(=O)c1ccc(C2=CC3(CCNCC3)Cc3ccc(F)cc32)c(O)c1.CCN(CC)C(=O)c1ccc(C2=CC3(CCNCC3)Oc3ccc(F)cc32)c(O)c1.CCN(CC)C(=O)c1ccc(C2=CC3(CCNCC3)Oc3cccc(OC(F)F)c32)cn1.CCN(CC)C(=O)c1ccc(C2CC3(CCNCC3)Cc3ccc(F)cc32)c(O)c1. The molecule has 0 bridgehead atoms. The smallest absolute Gasteiger partial charge is 0.387 e. The lowest BCUT2D eigenvalue weighted by atomic mass is 9.61. The van der Waals surface area contributed by atoms with Crippen molar-refractivity contribution in [1.29, 1.82) is 0 Å². The summed E-state index contributed by atoms with van der Waals surface area (Å²) < 4.78 is 86.0. The minimum Gasteiger partial charge on any atom is -0.508 e. The van der Waals surface area contributed by atoms with Crippen LogP contribution in [0.1, 0.15) is 216 Å². The number of phenols is 3. The van der Waals surface area contributed by atoms with Gasteiger partial charge < -0.3 is 70.4 Å². The number of aromatic hydroxyl groups is 3. The second kappa shape index (κ2) is 39.1. The number of carbonyl (C=O) groups is 4. The Labute approximate surface area is 712 Å². The molecule has 6 aliphatic heterocycles. The third kappa shape index (κ3) is 19.6. The number of phenolic OH excluding ortho intramolecular Hbond substituents is 3. The highest BCUT2D eigenvalue weighted by atomic mass is 19.3. The molecule has 8 aliphatic rings. The molecule has 8 aromatic rings. The standard InChI is InChI=1S/C25H31FN2O2.C25H29FN2O2.C24H27F2N3O3.C24H27FN2O3/c2*1-3-28(4-2)24(30)17-6-8-20(23(29)13-17)22-16-25(9-11-27-12-10-25)15-18-5-7-19(26)14-21(18)22;1-3-29(4-2)22(30)18-9-8-16(15-28-18)17-14-24(10-12-27-13-11-24)32-20-7-5-6-19(21(17)20)31-23(25)26;1-3-27(4-2)23(29)16-5-7-18(21(28)13-16)20-15-24(9-11-26-12-10-24)30-22-8-6-17(25)14-19(20)22/h5-8,13-14,22,27,29H,3-4,9-12,15-16H2,1-2H3;5-8,13-14,16,27,29H,3-4,9-12,15H2,1-2H3;5-9,14-15,23,27H,3-4,10-13H2,1-2H3;5-8,13-15,26,28H,3-4,9-12H2,1-2H3. The van der Waals surface area contributed by atoms with Crippen LogP contribution in [0.3, 0.4) is 0 Å². The van der Waals surface area contributed by atoms with E-state index in [4.69, 9.17) is 14.2 Å². The number of piperidine rings is 4. The van der Waals surface area contributed by atoms with Crippen molar-refractivity contribution in [1.82, 2.24) is 45.9 Å². The van der Waals surface area contributed by atoms with Crippen LogP contribution in [0.4, 0.5) is 22.0 Å². The monoisotopic (exact) mass is 1670 g/mol. The van der Waals surface area contributed by atoms with Crippen molar-refractivity contribution in [3.63, 3.8) is 0 Å². The summed E-state index contributed by atoms with van der Waals surface area (Å²) in [5.74, 6) is -0.0460. The van der Waals surface area contributed by atoms with Gasteiger partial charge in [-0.2, -0.15) is 8.78 Å². The van der Waals surface area contributed by atoms with Gasteiger partial charge >= 0.3 is 6.61 Å². The fraction of sp³-hybridized carbons (Fsp3) is 0.418. The van der Waals surface area contributed by atoms with Crippen LogP contribution in [-0.4, -0.2) is 186 Å². The number of rotatable bonds is 18. The molecule has 646 valence electrons. The molecule has 16 rings (SSSR count). The van der Waals surface area contributed by atoms with Crippen molar-refractivity contribution in [2.24, 2.45) is 10.8 Å². The molecule has 0 saturated carbocycles. The van der Waals surface area contributed by atoms with Crippen molar-refractivity contribution in [2.75, 3.05) is 105 Å². The highest BCUT2D eigenvalue weighted by Crippen LogP contribution is 2.54. The number of pyridine rings is 1. The Balaban J connectivity index is 0.000000140. The van der Waals surface area contributed by atoms with Gasteiger partial charge in [-0.05, 0) is 324 Å². The van der Waals surface area contributed by atoms with Gasteiger partial charge in [0.1, 0.15) is 68.8 Å². The number of amides is 4. The number of nitrogens with one attached hydrogen (secondary N) is 4. The largest absolute Gasteiger partial charge is 0.508 e. The molecule has 24 heteroatoms. The van der Waals surface area contributed by atoms with Gasteiger partial charge in [-0.25, -0.2) is 13.2 Å². The van der Waals surface area contributed by atoms with Crippen LogP contribution < -0.4 is 35.5 Å². The van der Waals surface area contributed by atoms with E-state index in [2.05, 4.69) is 32.3 Å². The second-order valence-electron chi connectivity index (χ2n) is 32.9. The van der Waals surface area contributed by atoms with Gasteiger partial charge in [0.2, 0.25) is 0 Å². The molecule has 4 saturated heterocycles. The number of fused-ring (bicyclic) bond motifs is 4. The van der Waals surface area contributed by atoms with Gasteiger partial charge in [-0.3, -0.25) is 24.2 Å². The first-order valence-electron chi connectivity index (χ1n) is 43.3. The Morgan fingerprint density at radius 2 is 0.910 bits per heavy atom. The van der Waals surface area contributed by atoms with Gasteiger partial charge in [-0.15, -0.1) is 0 Å². The molecule has 19 nitrogen and oxygen atoms in total. The number of alkyl halides is 2. The molecule has 1 aromatic heterocycles. The maximum Gasteiger partial charge on any atom is 0.387 e. The van der Waals surface area contributed by atoms with Crippen LogP contribution in [0.25, 0.3) is 16.7 Å². The van der Waals surface area contributed by atoms with Gasteiger partial charge in [0.15, 0.2) is 0 Å². The summed E-state index contributed by atoms with van der Waals surface area (Å²) >= 11 is 0. The Kier molecular flexibility index (Phi) is 28.5. The van der Waals surface area contributed by atoms with Crippen molar-refractivity contribution in [3.05, 3.63) is 259 Å². The molecular formula is C98H114F5N9O10. The first kappa shape index (κ1) is 88.9. The number of hydrogen-bond donors (Lipinski definition) is 7. The van der Waals surface area contributed by atoms with E-state index in [0.29, 0.717) is 114 Å². The number of allylic oxidation sites excluding steroid dienone is 1. The van der Waals surface area contributed by atoms with Gasteiger partial charge in [0.05, 0.1) is 5.56 Å². The molecule has 7 aromatic carbocycles. The topological polar surface area (TPSA) is 231 Å². The van der Waals surface area contributed by atoms with E-state index in [0.717, 1.165) is 162 Å². The van der Waals surface area contributed by atoms with Crippen LogP contribution in [0, 0.1) is 28.3 Å². The van der Waals surface area contributed by atoms with Crippen LogP contribution in [-0.2, 0) is 12.8 Å². The molecule has 122 heavy (non-hydrogen) atoms. The molecule has 1 atom stereocenters. The van der Waals surface area contributed by atoms with E-state index in [1.165, 1.54) is 35.9 Å². The minimum atomic E-state index is -2.95. The molecule has 4 spiro atoms. The Morgan fingerprint density at radius 1 is 0.451 bits per heavy atom. The van der Waals surface area contributed by atoms with Crippen LogP contribution in [0.15, 0.2) is 164 Å². The fourth-order valence-electron chi connectivity index (χ4n) is 18.8. The zero-order valence-electron chi connectivity index (χ0n) is 71.2. The summed E-state index contributed by atoms with van der Waals surface area (Å²) in [5, 5.41) is 46.2. The van der Waals surface area contributed by atoms with E-state index in [9.17, 15) is 56.4 Å². The average Bonchev–Trinajstić information content (AvgIpc) is 0.764. The lowest BCUT2D eigenvalue weighted by Crippen LogP contribution is -2.46. The molecule has 1 unspecified atom stereocenters. The maximum atomic E-state index is 14.1. The quantitative estimate of drug-likeness (QED) is 0.0396. The first-order valence-corrected chi connectivity index (χ1v) is 43.3. The number of hydrogen-bond acceptors (Lipinski definition) is 15. The lowest BCUT2D eigenvalue weighted by molar-refractivity contribution is -0.0503. The third-order valence-electron chi connectivity index (χ3n) is 25.6. The highest BCUT2D eigenvalue weighted by Gasteiger charge is 2.44. The summed E-state index contributed by atoms with van der Waals surface area (Å²) in [6, 6.07) is 38.2. The number of benzene rings is 7. The van der Waals surface area contributed by atoms with Crippen LogP contribution in [0.5, 0.6) is 34.5 Å². The zero-order valence-corrected chi connectivity index (χ0v) is 71.2.